The van der Waals surface area contributed by atoms with E-state index in [9.17, 15) is 4.79 Å². The molecule has 0 aliphatic carbocycles. The van der Waals surface area contributed by atoms with Crippen molar-refractivity contribution in [2.75, 3.05) is 34.4 Å². The molecule has 6 heteroatoms. The molecule has 0 radical (unpaired) electrons. The number of likely N-dealkylation sites (tertiary alicyclic amines) is 1. The molecule has 0 unspecified atom stereocenters. The normalized spacial score (nSPS) is 16.1. The molecule has 1 aromatic carbocycles. The Hall–Kier alpha value is -2.08. The Morgan fingerprint density at radius 1 is 1.21 bits per heavy atom. The summed E-state index contributed by atoms with van der Waals surface area (Å²) in [6, 6.07) is 8.34. The number of carbonyl (C=O) groups excluding carboxylic acids is 1. The summed E-state index contributed by atoms with van der Waals surface area (Å²) in [5.41, 5.74) is 2.36. The second kappa shape index (κ2) is 9.27. The summed E-state index contributed by atoms with van der Waals surface area (Å²) in [6.07, 6.45) is 1.61. The van der Waals surface area contributed by atoms with E-state index < -0.39 is 0 Å². The summed E-state index contributed by atoms with van der Waals surface area (Å²) in [5.74, 6) is 0.783. The van der Waals surface area contributed by atoms with Crippen LogP contribution in [-0.2, 0) is 27.4 Å². The zero-order valence-electron chi connectivity index (χ0n) is 14.7. The Kier molecular flexibility index (Phi) is 7.06. The van der Waals surface area contributed by atoms with Crippen LogP contribution in [0.15, 0.2) is 29.3 Å². The number of nitrogens with one attached hydrogen (secondary N) is 1. The van der Waals surface area contributed by atoms with Gasteiger partial charge >= 0.3 is 5.97 Å². The van der Waals surface area contributed by atoms with Crippen LogP contribution in [0.5, 0.6) is 0 Å². The Morgan fingerprint density at radius 3 is 2.38 bits per heavy atom. The average Bonchev–Trinajstić information content (AvgIpc) is 2.63. The predicted molar refractivity (Wildman–Crippen MR) is 93.7 cm³/mol. The third-order valence-corrected chi connectivity index (χ3v) is 4.33. The minimum Gasteiger partial charge on any atom is -0.469 e. The monoisotopic (exact) mass is 333 g/mol. The molecule has 1 heterocycles. The molecule has 0 amide bonds. The van der Waals surface area contributed by atoms with E-state index in [0.717, 1.165) is 44.0 Å². The molecule has 1 aliphatic heterocycles. The highest BCUT2D eigenvalue weighted by molar-refractivity contribution is 5.80. The highest BCUT2D eigenvalue weighted by Crippen LogP contribution is 2.18. The minimum atomic E-state index is -0.103. The van der Waals surface area contributed by atoms with Gasteiger partial charge in [0.05, 0.1) is 19.6 Å². The van der Waals surface area contributed by atoms with Gasteiger partial charge in [-0.05, 0) is 24.0 Å². The SMILES string of the molecule is CN=C(NCc1ccc(COC)cc1)N1CCC(C(=O)OC)CC1. The number of nitrogens with zero attached hydrogens (tertiary/aromatic N) is 2. The number of carbonyl (C=O) groups is 1. The quantitative estimate of drug-likeness (QED) is 0.506. The minimum absolute atomic E-state index is 0.0117. The molecule has 1 N–H and O–H groups in total. The largest absolute Gasteiger partial charge is 0.469 e. The van der Waals surface area contributed by atoms with Gasteiger partial charge in [0.2, 0.25) is 0 Å². The highest BCUT2D eigenvalue weighted by atomic mass is 16.5. The van der Waals surface area contributed by atoms with E-state index in [1.165, 1.54) is 12.7 Å². The van der Waals surface area contributed by atoms with Crippen LogP contribution in [0, 0.1) is 5.92 Å². The molecule has 0 spiro atoms. The summed E-state index contributed by atoms with van der Waals surface area (Å²) >= 11 is 0. The molecule has 0 bridgehead atoms. The summed E-state index contributed by atoms with van der Waals surface area (Å²) in [7, 11) is 4.94. The first-order valence-corrected chi connectivity index (χ1v) is 8.28. The maximum atomic E-state index is 11.6. The summed E-state index contributed by atoms with van der Waals surface area (Å²) < 4.78 is 9.95. The Bertz CT molecular complexity index is 549. The lowest BCUT2D eigenvalue weighted by Gasteiger charge is -2.33. The third-order valence-electron chi connectivity index (χ3n) is 4.33. The third kappa shape index (κ3) is 4.96. The Labute approximate surface area is 143 Å². The molecule has 1 fully saturated rings. The van der Waals surface area contributed by atoms with Crippen molar-refractivity contribution in [3.8, 4) is 0 Å². The smallest absolute Gasteiger partial charge is 0.308 e. The van der Waals surface area contributed by atoms with E-state index in [2.05, 4.69) is 39.5 Å². The van der Waals surface area contributed by atoms with Crippen LogP contribution in [0.25, 0.3) is 0 Å². The number of hydrogen-bond acceptors (Lipinski definition) is 4. The average molecular weight is 333 g/mol. The van der Waals surface area contributed by atoms with E-state index in [4.69, 9.17) is 9.47 Å². The molecule has 2 rings (SSSR count). The molecule has 6 nitrogen and oxygen atoms in total. The van der Waals surface area contributed by atoms with E-state index in [-0.39, 0.29) is 11.9 Å². The Balaban J connectivity index is 1.83. The van der Waals surface area contributed by atoms with Gasteiger partial charge in [-0.25, -0.2) is 0 Å². The molecular weight excluding hydrogens is 306 g/mol. The fourth-order valence-electron chi connectivity index (χ4n) is 2.93. The van der Waals surface area contributed by atoms with Crippen molar-refractivity contribution in [3.63, 3.8) is 0 Å². The lowest BCUT2D eigenvalue weighted by atomic mass is 9.97. The van der Waals surface area contributed by atoms with Crippen molar-refractivity contribution in [1.82, 2.24) is 10.2 Å². The molecule has 1 aliphatic rings. The number of esters is 1. The van der Waals surface area contributed by atoms with Crippen LogP contribution in [0.4, 0.5) is 0 Å². The van der Waals surface area contributed by atoms with Gasteiger partial charge in [-0.3, -0.25) is 9.79 Å². The van der Waals surface area contributed by atoms with Gasteiger partial charge in [0.1, 0.15) is 0 Å². The fraction of sp³-hybridized carbons (Fsp3) is 0.556. The number of aliphatic imine (C=N–C) groups is 1. The van der Waals surface area contributed by atoms with Crippen LogP contribution in [-0.4, -0.2) is 51.2 Å². The van der Waals surface area contributed by atoms with E-state index in [0.29, 0.717) is 6.61 Å². The maximum Gasteiger partial charge on any atom is 0.308 e. The zero-order chi connectivity index (χ0) is 17.4. The number of hydrogen-bond donors (Lipinski definition) is 1. The molecule has 1 aromatic rings. The molecule has 0 saturated carbocycles. The second-order valence-corrected chi connectivity index (χ2v) is 5.93. The number of methoxy groups -OCH3 is 2. The highest BCUT2D eigenvalue weighted by Gasteiger charge is 2.26. The number of guanidine groups is 1. The summed E-state index contributed by atoms with van der Waals surface area (Å²) in [5, 5.41) is 3.39. The lowest BCUT2D eigenvalue weighted by molar-refractivity contribution is -0.146. The van der Waals surface area contributed by atoms with Gasteiger partial charge in [0, 0.05) is 33.8 Å². The number of ether oxygens (including phenoxy) is 2. The van der Waals surface area contributed by atoms with Gasteiger partial charge in [0.15, 0.2) is 5.96 Å². The number of piperidine rings is 1. The van der Waals surface area contributed by atoms with E-state index in [1.54, 1.807) is 14.2 Å². The van der Waals surface area contributed by atoms with Crippen molar-refractivity contribution in [3.05, 3.63) is 35.4 Å². The molecule has 1 saturated heterocycles. The molecule has 0 aromatic heterocycles. The fourth-order valence-corrected chi connectivity index (χ4v) is 2.93. The topological polar surface area (TPSA) is 63.2 Å². The Morgan fingerprint density at radius 2 is 1.83 bits per heavy atom. The number of benzene rings is 1. The molecule has 0 atom stereocenters. The summed E-state index contributed by atoms with van der Waals surface area (Å²) in [6.45, 7) is 2.97. The zero-order valence-corrected chi connectivity index (χ0v) is 14.7. The van der Waals surface area contributed by atoms with Crippen LogP contribution in [0.3, 0.4) is 0 Å². The molecular formula is C18H27N3O3. The predicted octanol–water partition coefficient (Wildman–Crippen LogP) is 1.79. The van der Waals surface area contributed by atoms with Crippen molar-refractivity contribution < 1.29 is 14.3 Å². The van der Waals surface area contributed by atoms with Crippen LogP contribution < -0.4 is 5.32 Å². The van der Waals surface area contributed by atoms with E-state index in [1.807, 2.05) is 0 Å². The number of rotatable bonds is 5. The molecule has 24 heavy (non-hydrogen) atoms. The summed E-state index contributed by atoms with van der Waals surface area (Å²) in [4.78, 5) is 18.2. The van der Waals surface area contributed by atoms with E-state index >= 15 is 0 Å². The second-order valence-electron chi connectivity index (χ2n) is 5.93. The van der Waals surface area contributed by atoms with Gasteiger partial charge < -0.3 is 19.7 Å². The maximum absolute atomic E-state index is 11.6. The van der Waals surface area contributed by atoms with Crippen molar-refractivity contribution >= 4 is 11.9 Å². The first kappa shape index (κ1) is 18.3. The van der Waals surface area contributed by atoms with Crippen molar-refractivity contribution in [2.24, 2.45) is 10.9 Å². The van der Waals surface area contributed by atoms with Gasteiger partial charge in [-0.15, -0.1) is 0 Å². The van der Waals surface area contributed by atoms with Gasteiger partial charge in [0.25, 0.3) is 0 Å². The van der Waals surface area contributed by atoms with Crippen molar-refractivity contribution in [1.29, 1.82) is 0 Å². The van der Waals surface area contributed by atoms with Crippen LogP contribution >= 0.6 is 0 Å². The van der Waals surface area contributed by atoms with Crippen LogP contribution in [0.1, 0.15) is 24.0 Å². The van der Waals surface area contributed by atoms with Gasteiger partial charge in [-0.1, -0.05) is 24.3 Å². The standard InChI is InChI=1S/C18H27N3O3/c1-19-18(21-10-8-16(9-11-21)17(22)24-3)20-12-14-4-6-15(7-5-14)13-23-2/h4-7,16H,8-13H2,1-3H3,(H,19,20). The van der Waals surface area contributed by atoms with Crippen LogP contribution in [0.2, 0.25) is 0 Å². The van der Waals surface area contributed by atoms with Crippen molar-refractivity contribution in [2.45, 2.75) is 26.0 Å². The first-order chi connectivity index (χ1) is 11.7. The lowest BCUT2D eigenvalue weighted by Crippen LogP contribution is -2.46. The molecule has 132 valence electrons. The van der Waals surface area contributed by atoms with Gasteiger partial charge in [-0.2, -0.15) is 0 Å². The first-order valence-electron chi connectivity index (χ1n) is 8.28.